The van der Waals surface area contributed by atoms with E-state index in [0.717, 1.165) is 53.9 Å². The second kappa shape index (κ2) is 6.63. The molecule has 4 heterocycles. The Bertz CT molecular complexity index is 1150. The van der Waals surface area contributed by atoms with Gasteiger partial charge >= 0.3 is 0 Å². The van der Waals surface area contributed by atoms with Gasteiger partial charge in [-0.2, -0.15) is 5.10 Å². The number of hydrogen-bond acceptors (Lipinski definition) is 4. The highest BCUT2D eigenvalue weighted by Gasteiger charge is 2.23. The second-order valence-electron chi connectivity index (χ2n) is 7.27. The molecular formula is C20H21N7O. The molecule has 28 heavy (non-hydrogen) atoms. The number of carbonyl (C=O) groups is 1. The number of H-pyrrole nitrogens is 1. The zero-order valence-corrected chi connectivity index (χ0v) is 15.6. The van der Waals surface area contributed by atoms with Gasteiger partial charge < -0.3 is 14.9 Å². The lowest BCUT2D eigenvalue weighted by atomic mass is 10.1. The molecule has 0 spiro atoms. The first-order valence-corrected chi connectivity index (χ1v) is 9.46. The van der Waals surface area contributed by atoms with Crippen LogP contribution in [0.25, 0.3) is 22.3 Å². The van der Waals surface area contributed by atoms with Crippen molar-refractivity contribution in [2.75, 3.05) is 0 Å². The quantitative estimate of drug-likeness (QED) is 0.575. The molecule has 0 bridgehead atoms. The Morgan fingerprint density at radius 2 is 2.18 bits per heavy atom. The Balaban J connectivity index is 1.30. The number of aromatic nitrogens is 6. The lowest BCUT2D eigenvalue weighted by Crippen LogP contribution is -2.35. The van der Waals surface area contributed by atoms with E-state index in [1.807, 2.05) is 43.7 Å². The van der Waals surface area contributed by atoms with E-state index in [0.29, 0.717) is 5.56 Å². The summed E-state index contributed by atoms with van der Waals surface area (Å²) in [4.78, 5) is 15.9. The van der Waals surface area contributed by atoms with Gasteiger partial charge in [-0.1, -0.05) is 6.07 Å². The molecule has 0 saturated heterocycles. The van der Waals surface area contributed by atoms with Gasteiger partial charge in [0.15, 0.2) is 5.82 Å². The molecule has 142 valence electrons. The zero-order chi connectivity index (χ0) is 19.1. The van der Waals surface area contributed by atoms with E-state index < -0.39 is 0 Å². The summed E-state index contributed by atoms with van der Waals surface area (Å²) in [7, 11) is 1.89. The van der Waals surface area contributed by atoms with Gasteiger partial charge in [0.1, 0.15) is 5.82 Å². The molecule has 1 amide bonds. The van der Waals surface area contributed by atoms with E-state index in [-0.39, 0.29) is 11.9 Å². The summed E-state index contributed by atoms with van der Waals surface area (Å²) >= 11 is 0. The highest BCUT2D eigenvalue weighted by atomic mass is 16.1. The average molecular weight is 375 g/mol. The fourth-order valence-electron chi connectivity index (χ4n) is 3.84. The number of nitrogens with one attached hydrogen (secondary N) is 2. The molecule has 1 aromatic carbocycles. The Hall–Kier alpha value is -3.42. The van der Waals surface area contributed by atoms with E-state index in [1.165, 1.54) is 0 Å². The van der Waals surface area contributed by atoms with E-state index in [2.05, 4.69) is 30.2 Å². The van der Waals surface area contributed by atoms with Gasteiger partial charge in [-0.05, 0) is 36.4 Å². The predicted molar refractivity (Wildman–Crippen MR) is 105 cm³/mol. The monoisotopic (exact) mass is 375 g/mol. The molecule has 1 unspecified atom stereocenters. The van der Waals surface area contributed by atoms with Crippen molar-refractivity contribution in [3.63, 3.8) is 0 Å². The van der Waals surface area contributed by atoms with Crippen LogP contribution >= 0.6 is 0 Å². The number of hydrogen-bond donors (Lipinski definition) is 2. The molecule has 1 aliphatic rings. The third-order valence-electron chi connectivity index (χ3n) is 5.36. The van der Waals surface area contributed by atoms with Crippen molar-refractivity contribution in [1.82, 2.24) is 34.8 Å². The first-order chi connectivity index (χ1) is 13.7. The van der Waals surface area contributed by atoms with E-state index >= 15 is 0 Å². The van der Waals surface area contributed by atoms with Crippen molar-refractivity contribution in [2.45, 2.75) is 31.8 Å². The number of fused-ring (bicyclic) bond motifs is 2. The van der Waals surface area contributed by atoms with Gasteiger partial charge in [0.2, 0.25) is 0 Å². The van der Waals surface area contributed by atoms with Crippen molar-refractivity contribution < 1.29 is 4.79 Å². The molecule has 1 atom stereocenters. The maximum absolute atomic E-state index is 12.7. The van der Waals surface area contributed by atoms with Gasteiger partial charge in [-0.15, -0.1) is 10.2 Å². The van der Waals surface area contributed by atoms with E-state index in [9.17, 15) is 4.79 Å². The van der Waals surface area contributed by atoms with Crippen LogP contribution in [0.5, 0.6) is 0 Å². The smallest absolute Gasteiger partial charge is 0.251 e. The third kappa shape index (κ3) is 2.96. The van der Waals surface area contributed by atoms with E-state index in [4.69, 9.17) is 0 Å². The van der Waals surface area contributed by atoms with Gasteiger partial charge in [0.25, 0.3) is 5.91 Å². The second-order valence-corrected chi connectivity index (χ2v) is 7.27. The number of rotatable bonds is 3. The van der Waals surface area contributed by atoms with Crippen LogP contribution in [0.4, 0.5) is 0 Å². The Morgan fingerprint density at radius 3 is 3.04 bits per heavy atom. The molecule has 0 aliphatic carbocycles. The number of aryl methyl sites for hydroxylation is 2. The summed E-state index contributed by atoms with van der Waals surface area (Å²) < 4.78 is 3.91. The van der Waals surface area contributed by atoms with Crippen LogP contribution in [0.1, 0.15) is 29.0 Å². The molecule has 0 fully saturated rings. The normalized spacial score (nSPS) is 16.7. The molecule has 4 aromatic rings. The lowest BCUT2D eigenvalue weighted by Gasteiger charge is -2.16. The first kappa shape index (κ1) is 16.7. The maximum atomic E-state index is 12.7. The van der Waals surface area contributed by atoms with Gasteiger partial charge in [0, 0.05) is 49.5 Å². The van der Waals surface area contributed by atoms with Crippen molar-refractivity contribution in [3.05, 3.63) is 54.2 Å². The fourth-order valence-corrected chi connectivity index (χ4v) is 3.84. The summed E-state index contributed by atoms with van der Waals surface area (Å²) in [6, 6.07) is 7.84. The van der Waals surface area contributed by atoms with Crippen molar-refractivity contribution in [2.24, 2.45) is 7.05 Å². The van der Waals surface area contributed by atoms with Crippen LogP contribution in [0.2, 0.25) is 0 Å². The minimum atomic E-state index is -0.0355. The van der Waals surface area contributed by atoms with Crippen LogP contribution in [0, 0.1) is 0 Å². The first-order valence-electron chi connectivity index (χ1n) is 9.46. The molecule has 8 nitrogen and oxygen atoms in total. The molecule has 1 aliphatic heterocycles. The van der Waals surface area contributed by atoms with Crippen molar-refractivity contribution >= 4 is 16.8 Å². The van der Waals surface area contributed by atoms with Crippen LogP contribution in [-0.4, -0.2) is 41.5 Å². The molecule has 0 radical (unpaired) electrons. The number of aromatic amines is 1. The van der Waals surface area contributed by atoms with Crippen LogP contribution in [-0.2, 0) is 20.0 Å². The largest absolute Gasteiger partial charge is 0.361 e. The van der Waals surface area contributed by atoms with Gasteiger partial charge in [0.05, 0.1) is 11.8 Å². The summed E-state index contributed by atoms with van der Waals surface area (Å²) in [5.41, 5.74) is 2.61. The zero-order valence-electron chi connectivity index (χ0n) is 15.6. The maximum Gasteiger partial charge on any atom is 0.251 e. The predicted octanol–water partition coefficient (Wildman–Crippen LogP) is 2.29. The number of carbonyl (C=O) groups excluding carboxylic acids is 1. The highest BCUT2D eigenvalue weighted by Crippen LogP contribution is 2.22. The molecule has 5 rings (SSSR count). The summed E-state index contributed by atoms with van der Waals surface area (Å²) in [6.45, 7) is 0.771. The van der Waals surface area contributed by atoms with Crippen LogP contribution in [0.3, 0.4) is 0 Å². The van der Waals surface area contributed by atoms with Gasteiger partial charge in [-0.25, -0.2) is 0 Å². The van der Waals surface area contributed by atoms with E-state index in [1.54, 1.807) is 10.9 Å². The molecular weight excluding hydrogens is 354 g/mol. The van der Waals surface area contributed by atoms with Crippen LogP contribution in [0.15, 0.2) is 42.9 Å². The fraction of sp³-hybridized carbons (Fsp3) is 0.300. The Morgan fingerprint density at radius 1 is 1.25 bits per heavy atom. The Kier molecular flexibility index (Phi) is 3.96. The minimum Gasteiger partial charge on any atom is -0.361 e. The number of benzene rings is 1. The van der Waals surface area contributed by atoms with Crippen molar-refractivity contribution in [1.29, 1.82) is 0 Å². The molecule has 8 heteroatoms. The Labute approximate surface area is 161 Å². The third-order valence-corrected chi connectivity index (χ3v) is 5.36. The summed E-state index contributed by atoms with van der Waals surface area (Å²) in [6.07, 6.45) is 8.10. The highest BCUT2D eigenvalue weighted by molar-refractivity contribution is 5.98. The van der Waals surface area contributed by atoms with Gasteiger partial charge in [-0.3, -0.25) is 9.48 Å². The summed E-state index contributed by atoms with van der Waals surface area (Å²) in [5, 5.41) is 17.2. The molecule has 2 N–H and O–H groups in total. The lowest BCUT2D eigenvalue weighted by molar-refractivity contribution is 0.0933. The van der Waals surface area contributed by atoms with Crippen LogP contribution < -0.4 is 5.32 Å². The van der Waals surface area contributed by atoms with Crippen molar-refractivity contribution in [3.8, 4) is 11.4 Å². The topological polar surface area (TPSA) is 93.4 Å². The SMILES string of the molecule is Cn1cc(-c2nnc3n2CCC(NC(=O)c2ccc4cc[nH]c4c2)CC3)cn1. The minimum absolute atomic E-state index is 0.0355. The molecule has 3 aromatic heterocycles. The summed E-state index contributed by atoms with van der Waals surface area (Å²) in [5.74, 6) is 1.77. The average Bonchev–Trinajstić information content (AvgIpc) is 3.40. The number of amides is 1. The number of nitrogens with zero attached hydrogens (tertiary/aromatic N) is 5. The standard InChI is InChI=1S/C20H21N7O/c1-26-12-15(11-22-26)19-25-24-18-5-4-16(7-9-27(18)19)23-20(28)14-3-2-13-6-8-21-17(13)10-14/h2-3,6,8,10-12,16,21H,4-5,7,9H2,1H3,(H,23,28). The molecule has 0 saturated carbocycles.